The number of rotatable bonds is 5. The summed E-state index contributed by atoms with van der Waals surface area (Å²) in [4.78, 5) is 13.7. The maximum absolute atomic E-state index is 11.2. The van der Waals surface area contributed by atoms with Crippen molar-refractivity contribution in [2.75, 3.05) is 19.6 Å². The Balaban J connectivity index is 1.69. The number of benzene rings is 1. The molecule has 1 aliphatic heterocycles. The summed E-state index contributed by atoms with van der Waals surface area (Å²) >= 11 is 0. The van der Waals surface area contributed by atoms with Crippen LogP contribution >= 0.6 is 0 Å². The van der Waals surface area contributed by atoms with Gasteiger partial charge in [0.25, 0.3) is 0 Å². The topological polar surface area (TPSA) is 32.3 Å². The van der Waals surface area contributed by atoms with Gasteiger partial charge in [0.05, 0.1) is 0 Å². The van der Waals surface area contributed by atoms with E-state index in [2.05, 4.69) is 40.5 Å². The van der Waals surface area contributed by atoms with Crippen LogP contribution in [0.2, 0.25) is 0 Å². The standard InChI is InChI=1S/C16H24N2O/c1-2-16(19)17-12-14-8-10-18(11-9-14)13-15-6-4-3-5-7-15/h3-7,14H,2,8-13H2,1H3,(H,17,19). The summed E-state index contributed by atoms with van der Waals surface area (Å²) in [6, 6.07) is 10.6. The molecule has 0 spiro atoms. The number of hydrogen-bond donors (Lipinski definition) is 1. The van der Waals surface area contributed by atoms with Gasteiger partial charge < -0.3 is 5.32 Å². The first-order valence-corrected chi connectivity index (χ1v) is 7.31. The molecule has 0 atom stereocenters. The van der Waals surface area contributed by atoms with E-state index < -0.39 is 0 Å². The first kappa shape index (κ1) is 14.1. The van der Waals surface area contributed by atoms with E-state index in [1.165, 1.54) is 18.4 Å². The van der Waals surface area contributed by atoms with Crippen LogP contribution in [0, 0.1) is 5.92 Å². The molecular formula is C16H24N2O. The molecule has 1 aromatic rings. The van der Waals surface area contributed by atoms with E-state index in [-0.39, 0.29) is 5.91 Å². The highest BCUT2D eigenvalue weighted by molar-refractivity contribution is 5.75. The van der Waals surface area contributed by atoms with Crippen molar-refractivity contribution < 1.29 is 4.79 Å². The molecule has 0 bridgehead atoms. The third-order valence-electron chi connectivity index (χ3n) is 3.87. The Hall–Kier alpha value is -1.35. The maximum Gasteiger partial charge on any atom is 0.219 e. The van der Waals surface area contributed by atoms with Gasteiger partial charge in [-0.15, -0.1) is 0 Å². The summed E-state index contributed by atoms with van der Waals surface area (Å²) in [5.74, 6) is 0.828. The normalized spacial score (nSPS) is 17.3. The Morgan fingerprint density at radius 2 is 1.95 bits per heavy atom. The van der Waals surface area contributed by atoms with Gasteiger partial charge in [0.1, 0.15) is 0 Å². The molecule has 0 saturated carbocycles. The molecule has 104 valence electrons. The van der Waals surface area contributed by atoms with Crippen LogP contribution in [0.15, 0.2) is 30.3 Å². The van der Waals surface area contributed by atoms with Gasteiger partial charge in [0.15, 0.2) is 0 Å². The Labute approximate surface area is 116 Å². The van der Waals surface area contributed by atoms with Crippen LogP contribution in [0.5, 0.6) is 0 Å². The van der Waals surface area contributed by atoms with Crippen molar-refractivity contribution in [3.05, 3.63) is 35.9 Å². The van der Waals surface area contributed by atoms with Gasteiger partial charge in [-0.25, -0.2) is 0 Å². The van der Waals surface area contributed by atoms with Crippen LogP contribution in [0.3, 0.4) is 0 Å². The zero-order chi connectivity index (χ0) is 13.5. The van der Waals surface area contributed by atoms with Crippen molar-refractivity contribution in [1.82, 2.24) is 10.2 Å². The van der Waals surface area contributed by atoms with Crippen LogP contribution in [-0.2, 0) is 11.3 Å². The van der Waals surface area contributed by atoms with Crippen molar-refractivity contribution in [1.29, 1.82) is 0 Å². The molecule has 1 N–H and O–H groups in total. The number of hydrogen-bond acceptors (Lipinski definition) is 2. The fourth-order valence-electron chi connectivity index (χ4n) is 2.57. The quantitative estimate of drug-likeness (QED) is 0.882. The van der Waals surface area contributed by atoms with E-state index in [1.807, 2.05) is 6.92 Å². The monoisotopic (exact) mass is 260 g/mol. The molecule has 1 aliphatic rings. The summed E-state index contributed by atoms with van der Waals surface area (Å²) in [6.45, 7) is 6.08. The molecule has 1 aromatic carbocycles. The number of carbonyl (C=O) groups excluding carboxylic acids is 1. The van der Waals surface area contributed by atoms with Crippen molar-refractivity contribution in [3.8, 4) is 0 Å². The second kappa shape index (κ2) is 7.29. The fraction of sp³-hybridized carbons (Fsp3) is 0.562. The third kappa shape index (κ3) is 4.67. The molecule has 0 aromatic heterocycles. The summed E-state index contributed by atoms with van der Waals surface area (Å²) in [5.41, 5.74) is 1.39. The van der Waals surface area contributed by atoms with Gasteiger partial charge in [0.2, 0.25) is 5.91 Å². The average Bonchev–Trinajstić information content (AvgIpc) is 2.47. The molecule has 19 heavy (non-hydrogen) atoms. The smallest absolute Gasteiger partial charge is 0.219 e. The van der Waals surface area contributed by atoms with Gasteiger partial charge in [-0.05, 0) is 37.4 Å². The summed E-state index contributed by atoms with van der Waals surface area (Å²) in [7, 11) is 0. The third-order valence-corrected chi connectivity index (χ3v) is 3.87. The summed E-state index contributed by atoms with van der Waals surface area (Å²) in [5, 5.41) is 3.01. The summed E-state index contributed by atoms with van der Waals surface area (Å²) < 4.78 is 0. The lowest BCUT2D eigenvalue weighted by atomic mass is 9.96. The lowest BCUT2D eigenvalue weighted by Crippen LogP contribution is -2.38. The van der Waals surface area contributed by atoms with Crippen molar-refractivity contribution in [2.45, 2.75) is 32.7 Å². The minimum absolute atomic E-state index is 0.173. The average molecular weight is 260 g/mol. The lowest BCUT2D eigenvalue weighted by Gasteiger charge is -2.32. The van der Waals surface area contributed by atoms with Crippen LogP contribution in [0.4, 0.5) is 0 Å². The van der Waals surface area contributed by atoms with Gasteiger partial charge in [-0.2, -0.15) is 0 Å². The molecule has 0 aliphatic carbocycles. The van der Waals surface area contributed by atoms with E-state index in [4.69, 9.17) is 0 Å². The molecule has 0 radical (unpaired) electrons. The molecular weight excluding hydrogens is 236 g/mol. The first-order valence-electron chi connectivity index (χ1n) is 7.31. The maximum atomic E-state index is 11.2. The Morgan fingerprint density at radius 1 is 1.26 bits per heavy atom. The second-order valence-electron chi connectivity index (χ2n) is 5.36. The highest BCUT2D eigenvalue weighted by Crippen LogP contribution is 2.18. The summed E-state index contributed by atoms with van der Waals surface area (Å²) in [6.07, 6.45) is 2.97. The fourth-order valence-corrected chi connectivity index (χ4v) is 2.57. The lowest BCUT2D eigenvalue weighted by molar-refractivity contribution is -0.121. The SMILES string of the molecule is CCC(=O)NCC1CCN(Cc2ccccc2)CC1. The van der Waals surface area contributed by atoms with Crippen molar-refractivity contribution in [3.63, 3.8) is 0 Å². The molecule has 3 heteroatoms. The minimum atomic E-state index is 0.173. The van der Waals surface area contributed by atoms with Crippen LogP contribution < -0.4 is 5.32 Å². The number of carbonyl (C=O) groups is 1. The van der Waals surface area contributed by atoms with E-state index in [9.17, 15) is 4.79 Å². The molecule has 0 unspecified atom stereocenters. The number of nitrogens with zero attached hydrogens (tertiary/aromatic N) is 1. The van der Waals surface area contributed by atoms with E-state index in [1.54, 1.807) is 0 Å². The van der Waals surface area contributed by atoms with Gasteiger partial charge in [-0.3, -0.25) is 9.69 Å². The van der Waals surface area contributed by atoms with Crippen molar-refractivity contribution >= 4 is 5.91 Å². The zero-order valence-corrected chi connectivity index (χ0v) is 11.8. The van der Waals surface area contributed by atoms with E-state index in [0.717, 1.165) is 26.2 Å². The number of piperidine rings is 1. The van der Waals surface area contributed by atoms with Gasteiger partial charge >= 0.3 is 0 Å². The van der Waals surface area contributed by atoms with Gasteiger partial charge in [0, 0.05) is 19.5 Å². The number of nitrogens with one attached hydrogen (secondary N) is 1. The highest BCUT2D eigenvalue weighted by atomic mass is 16.1. The number of likely N-dealkylation sites (tertiary alicyclic amines) is 1. The molecule has 1 saturated heterocycles. The largest absolute Gasteiger partial charge is 0.356 e. The van der Waals surface area contributed by atoms with Crippen LogP contribution in [-0.4, -0.2) is 30.4 Å². The molecule has 1 amide bonds. The van der Waals surface area contributed by atoms with Crippen molar-refractivity contribution in [2.24, 2.45) is 5.92 Å². The predicted molar refractivity (Wildman–Crippen MR) is 77.7 cm³/mol. The Kier molecular flexibility index (Phi) is 5.40. The molecule has 2 rings (SSSR count). The predicted octanol–water partition coefficient (Wildman–Crippen LogP) is 2.42. The second-order valence-corrected chi connectivity index (χ2v) is 5.36. The van der Waals surface area contributed by atoms with Crippen LogP contribution in [0.1, 0.15) is 31.7 Å². The highest BCUT2D eigenvalue weighted by Gasteiger charge is 2.19. The zero-order valence-electron chi connectivity index (χ0n) is 11.8. The molecule has 3 nitrogen and oxygen atoms in total. The Morgan fingerprint density at radius 3 is 2.58 bits per heavy atom. The molecule has 1 heterocycles. The number of amides is 1. The van der Waals surface area contributed by atoms with E-state index >= 15 is 0 Å². The van der Waals surface area contributed by atoms with Crippen LogP contribution in [0.25, 0.3) is 0 Å². The molecule has 1 fully saturated rings. The minimum Gasteiger partial charge on any atom is -0.356 e. The first-order chi connectivity index (χ1) is 9.28. The van der Waals surface area contributed by atoms with E-state index in [0.29, 0.717) is 12.3 Å². The Bertz CT molecular complexity index is 383. The van der Waals surface area contributed by atoms with Gasteiger partial charge in [-0.1, -0.05) is 37.3 Å².